The molecule has 0 unspecified atom stereocenters. The maximum atomic E-state index is 12.5. The fourth-order valence-electron chi connectivity index (χ4n) is 3.06. The van der Waals surface area contributed by atoms with Crippen LogP contribution in [-0.4, -0.2) is 15.1 Å². The van der Waals surface area contributed by atoms with Crippen molar-refractivity contribution >= 4 is 22.5 Å². The lowest BCUT2D eigenvalue weighted by Crippen LogP contribution is -2.09. The predicted octanol–water partition coefficient (Wildman–Crippen LogP) is 4.47. The summed E-state index contributed by atoms with van der Waals surface area (Å²) in [5, 5.41) is 11.7. The van der Waals surface area contributed by atoms with E-state index in [1.807, 2.05) is 42.6 Å². The third kappa shape index (κ3) is 2.92. The molecular formula is C20H15ClN2O2. The number of halogens is 1. The maximum absolute atomic E-state index is 12.5. The lowest BCUT2D eigenvalue weighted by Gasteiger charge is -2.09. The number of aromatic hydroxyl groups is 1. The van der Waals surface area contributed by atoms with Crippen molar-refractivity contribution in [2.45, 2.75) is 6.42 Å². The van der Waals surface area contributed by atoms with Crippen LogP contribution in [0, 0.1) is 0 Å². The van der Waals surface area contributed by atoms with Crippen molar-refractivity contribution in [3.05, 3.63) is 87.4 Å². The summed E-state index contributed by atoms with van der Waals surface area (Å²) in [6.07, 6.45) is 2.60. The molecule has 0 fully saturated rings. The highest BCUT2D eigenvalue weighted by atomic mass is 35.5. The lowest BCUT2D eigenvalue weighted by atomic mass is 9.99. The average Bonchev–Trinajstić information content (AvgIpc) is 3.08. The molecule has 0 aliphatic heterocycles. The molecule has 0 aliphatic rings. The lowest BCUT2D eigenvalue weighted by molar-refractivity contribution is 0.482. The van der Waals surface area contributed by atoms with Crippen LogP contribution >= 0.6 is 11.6 Å². The third-order valence-electron chi connectivity index (χ3n) is 4.22. The van der Waals surface area contributed by atoms with Crippen LogP contribution in [0.1, 0.15) is 11.3 Å². The highest BCUT2D eigenvalue weighted by Crippen LogP contribution is 2.33. The Morgan fingerprint density at radius 2 is 1.92 bits per heavy atom. The molecule has 0 amide bonds. The number of fused-ring (bicyclic) bond motifs is 1. The zero-order chi connectivity index (χ0) is 17.4. The van der Waals surface area contributed by atoms with E-state index in [2.05, 4.69) is 9.97 Å². The first kappa shape index (κ1) is 15.5. The first-order chi connectivity index (χ1) is 12.1. The molecule has 0 spiro atoms. The molecule has 0 aliphatic carbocycles. The summed E-state index contributed by atoms with van der Waals surface area (Å²) < 4.78 is 0. The van der Waals surface area contributed by atoms with E-state index in [0.29, 0.717) is 21.5 Å². The number of nitrogens with one attached hydrogen (secondary N) is 2. The molecule has 0 radical (unpaired) electrons. The standard InChI is InChI=1S/C20H15ClN2O2/c21-14-6-7-16-17(11-14)23-20(25)18(19(16)24)13-4-1-3-12(9-13)10-15-5-2-8-22-15/h1-9,11,22H,10H2,(H2,23,24,25). The van der Waals surface area contributed by atoms with Gasteiger partial charge in [-0.3, -0.25) is 4.79 Å². The van der Waals surface area contributed by atoms with Crippen molar-refractivity contribution in [3.63, 3.8) is 0 Å². The summed E-state index contributed by atoms with van der Waals surface area (Å²) in [7, 11) is 0. The number of rotatable bonds is 3. The summed E-state index contributed by atoms with van der Waals surface area (Å²) in [5.41, 5.74) is 3.26. The fourth-order valence-corrected chi connectivity index (χ4v) is 3.23. The van der Waals surface area contributed by atoms with E-state index in [1.165, 1.54) is 0 Å². The predicted molar refractivity (Wildman–Crippen MR) is 100 cm³/mol. The number of aromatic amines is 2. The van der Waals surface area contributed by atoms with E-state index in [0.717, 1.165) is 17.7 Å². The van der Waals surface area contributed by atoms with Crippen LogP contribution in [0.2, 0.25) is 5.02 Å². The minimum Gasteiger partial charge on any atom is -0.506 e. The minimum absolute atomic E-state index is 0.0348. The molecule has 5 heteroatoms. The average molecular weight is 351 g/mol. The van der Waals surface area contributed by atoms with E-state index in [1.54, 1.807) is 18.2 Å². The van der Waals surface area contributed by atoms with Crippen LogP contribution in [0.3, 0.4) is 0 Å². The summed E-state index contributed by atoms with van der Waals surface area (Å²) in [6, 6.07) is 16.6. The SMILES string of the molecule is O=c1[nH]c2cc(Cl)ccc2c(O)c1-c1cccc(Cc2ccc[nH]2)c1. The zero-order valence-corrected chi connectivity index (χ0v) is 14.0. The number of pyridine rings is 1. The van der Waals surface area contributed by atoms with Gasteiger partial charge in [-0.25, -0.2) is 0 Å². The summed E-state index contributed by atoms with van der Waals surface area (Å²) >= 11 is 5.96. The van der Waals surface area contributed by atoms with E-state index in [9.17, 15) is 9.90 Å². The van der Waals surface area contributed by atoms with Crippen LogP contribution < -0.4 is 5.56 Å². The van der Waals surface area contributed by atoms with E-state index >= 15 is 0 Å². The highest BCUT2D eigenvalue weighted by Gasteiger charge is 2.14. The normalized spacial score (nSPS) is 11.1. The molecule has 4 rings (SSSR count). The molecule has 0 saturated heterocycles. The van der Waals surface area contributed by atoms with Crippen LogP contribution in [0.4, 0.5) is 0 Å². The molecule has 2 heterocycles. The maximum Gasteiger partial charge on any atom is 0.260 e. The molecule has 2 aromatic carbocycles. The Balaban J connectivity index is 1.84. The molecule has 0 bridgehead atoms. The Bertz CT molecular complexity index is 1110. The van der Waals surface area contributed by atoms with Crippen molar-refractivity contribution in [2.75, 3.05) is 0 Å². The zero-order valence-electron chi connectivity index (χ0n) is 13.2. The molecule has 0 atom stereocenters. The molecule has 25 heavy (non-hydrogen) atoms. The van der Waals surface area contributed by atoms with Gasteiger partial charge in [-0.15, -0.1) is 0 Å². The fraction of sp³-hybridized carbons (Fsp3) is 0.0500. The second-order valence-corrected chi connectivity index (χ2v) is 6.38. The van der Waals surface area contributed by atoms with Crippen molar-refractivity contribution in [1.82, 2.24) is 9.97 Å². The summed E-state index contributed by atoms with van der Waals surface area (Å²) in [6.45, 7) is 0. The molecule has 3 N–H and O–H groups in total. The second-order valence-electron chi connectivity index (χ2n) is 5.94. The molecular weight excluding hydrogens is 336 g/mol. The number of hydrogen-bond acceptors (Lipinski definition) is 2. The van der Waals surface area contributed by atoms with Gasteiger partial charge in [0.25, 0.3) is 5.56 Å². The Morgan fingerprint density at radius 1 is 1.04 bits per heavy atom. The largest absolute Gasteiger partial charge is 0.506 e. The Labute approximate surface area is 148 Å². The van der Waals surface area contributed by atoms with Crippen molar-refractivity contribution < 1.29 is 5.11 Å². The summed E-state index contributed by atoms with van der Waals surface area (Å²) in [4.78, 5) is 18.5. The molecule has 4 nitrogen and oxygen atoms in total. The number of benzene rings is 2. The van der Waals surface area contributed by atoms with Crippen LogP contribution in [0.15, 0.2) is 65.6 Å². The number of H-pyrrole nitrogens is 2. The molecule has 124 valence electrons. The quantitative estimate of drug-likeness (QED) is 0.510. The number of hydrogen-bond donors (Lipinski definition) is 3. The van der Waals surface area contributed by atoms with E-state index in [4.69, 9.17) is 11.6 Å². The van der Waals surface area contributed by atoms with Gasteiger partial charge >= 0.3 is 0 Å². The molecule has 0 saturated carbocycles. The van der Waals surface area contributed by atoms with Gasteiger partial charge in [0.05, 0.1) is 11.1 Å². The van der Waals surface area contributed by atoms with E-state index in [-0.39, 0.29) is 16.9 Å². The Kier molecular flexibility index (Phi) is 3.82. The highest BCUT2D eigenvalue weighted by molar-refractivity contribution is 6.31. The van der Waals surface area contributed by atoms with Gasteiger partial charge in [-0.05, 0) is 41.5 Å². The Morgan fingerprint density at radius 3 is 2.72 bits per heavy atom. The van der Waals surface area contributed by atoms with Gasteiger partial charge in [0, 0.05) is 28.7 Å². The van der Waals surface area contributed by atoms with Gasteiger partial charge in [0.1, 0.15) is 5.75 Å². The first-order valence-corrected chi connectivity index (χ1v) is 8.26. The topological polar surface area (TPSA) is 68.9 Å². The third-order valence-corrected chi connectivity index (χ3v) is 4.46. The van der Waals surface area contributed by atoms with Gasteiger partial charge in [-0.2, -0.15) is 0 Å². The second kappa shape index (κ2) is 6.15. The van der Waals surface area contributed by atoms with Gasteiger partial charge in [0.15, 0.2) is 0 Å². The van der Waals surface area contributed by atoms with Gasteiger partial charge in [0.2, 0.25) is 0 Å². The van der Waals surface area contributed by atoms with Crippen LogP contribution in [0.25, 0.3) is 22.0 Å². The van der Waals surface area contributed by atoms with Crippen molar-refractivity contribution in [1.29, 1.82) is 0 Å². The molecule has 2 aromatic heterocycles. The van der Waals surface area contributed by atoms with Gasteiger partial charge < -0.3 is 15.1 Å². The van der Waals surface area contributed by atoms with Crippen LogP contribution in [0.5, 0.6) is 5.75 Å². The summed E-state index contributed by atoms with van der Waals surface area (Å²) in [5.74, 6) is -0.0348. The minimum atomic E-state index is -0.343. The number of aromatic nitrogens is 2. The van der Waals surface area contributed by atoms with Gasteiger partial charge in [-0.1, -0.05) is 35.9 Å². The van der Waals surface area contributed by atoms with Crippen LogP contribution in [-0.2, 0) is 6.42 Å². The Hall–Kier alpha value is -2.98. The van der Waals surface area contributed by atoms with Crippen molar-refractivity contribution in [3.8, 4) is 16.9 Å². The smallest absolute Gasteiger partial charge is 0.260 e. The first-order valence-electron chi connectivity index (χ1n) is 7.88. The molecule has 4 aromatic rings. The van der Waals surface area contributed by atoms with E-state index < -0.39 is 0 Å². The monoisotopic (exact) mass is 350 g/mol. The van der Waals surface area contributed by atoms with Crippen molar-refractivity contribution in [2.24, 2.45) is 0 Å².